The molecule has 0 radical (unpaired) electrons. The highest BCUT2D eigenvalue weighted by atomic mass is 32.2. The van der Waals surface area contributed by atoms with Gasteiger partial charge < -0.3 is 0 Å². The first-order valence-corrected chi connectivity index (χ1v) is 12.6. The number of nitriles is 2. The predicted octanol–water partition coefficient (Wildman–Crippen LogP) is 3.50. The van der Waals surface area contributed by atoms with E-state index in [0.29, 0.717) is 0 Å². The van der Waals surface area contributed by atoms with Gasteiger partial charge in [-0.1, -0.05) is 12.1 Å². The number of aromatic nitrogens is 2. The Kier molecular flexibility index (Phi) is 8.89. The van der Waals surface area contributed by atoms with Crippen LogP contribution in [0.1, 0.15) is 34.7 Å². The van der Waals surface area contributed by atoms with Gasteiger partial charge in [-0.25, -0.2) is 8.42 Å². The van der Waals surface area contributed by atoms with Gasteiger partial charge in [-0.2, -0.15) is 10.5 Å². The maximum absolute atomic E-state index is 12.0. The van der Waals surface area contributed by atoms with E-state index < -0.39 is 19.5 Å². The third kappa shape index (κ3) is 8.38. The molecule has 10 heteroatoms. The summed E-state index contributed by atoms with van der Waals surface area (Å²) in [5.74, 6) is 0.272. The van der Waals surface area contributed by atoms with E-state index in [-0.39, 0.29) is 11.0 Å². The van der Waals surface area contributed by atoms with Crippen LogP contribution in [0.4, 0.5) is 0 Å². The van der Waals surface area contributed by atoms with Gasteiger partial charge in [0.05, 0.1) is 30.5 Å². The monoisotopic (exact) mass is 432 g/mol. The van der Waals surface area contributed by atoms with E-state index in [4.69, 9.17) is 10.5 Å². The van der Waals surface area contributed by atoms with Crippen LogP contribution in [-0.2, 0) is 25.2 Å². The summed E-state index contributed by atoms with van der Waals surface area (Å²) < 4.78 is 30.4. The minimum atomic E-state index is -2.50. The maximum Gasteiger partial charge on any atom is 0.214 e. The minimum absolute atomic E-state index is 0.272. The van der Waals surface area contributed by atoms with Crippen LogP contribution in [0, 0.1) is 36.8 Å². The van der Waals surface area contributed by atoms with Gasteiger partial charge in [-0.15, -0.1) is 8.73 Å². The van der Waals surface area contributed by atoms with Gasteiger partial charge in [0.15, 0.2) is 0 Å². The first-order chi connectivity index (χ1) is 13.5. The van der Waals surface area contributed by atoms with E-state index in [9.17, 15) is 8.42 Å². The summed E-state index contributed by atoms with van der Waals surface area (Å²) >= 11 is 0. The van der Waals surface area contributed by atoms with Gasteiger partial charge in [-0.05, 0) is 44.0 Å². The molecule has 2 aromatic rings. The van der Waals surface area contributed by atoms with Crippen LogP contribution in [0.15, 0.2) is 45.4 Å². The molecule has 2 rings (SSSR count). The Morgan fingerprint density at radius 3 is 1.97 bits per heavy atom. The quantitative estimate of drug-likeness (QED) is 0.679. The van der Waals surface area contributed by atoms with Crippen molar-refractivity contribution in [2.75, 3.05) is 12.5 Å². The zero-order chi connectivity index (χ0) is 22.1. The number of rotatable bonds is 4. The van der Waals surface area contributed by atoms with Crippen molar-refractivity contribution in [3.05, 3.63) is 59.2 Å². The highest BCUT2D eigenvalue weighted by Gasteiger charge is 2.16. The highest BCUT2D eigenvalue weighted by molar-refractivity contribution is 7.93. The smallest absolute Gasteiger partial charge is 0.214 e. The predicted molar refractivity (Wildman–Crippen MR) is 114 cm³/mol. The second-order valence-corrected chi connectivity index (χ2v) is 11.5. The third-order valence-corrected chi connectivity index (χ3v) is 7.29. The summed E-state index contributed by atoms with van der Waals surface area (Å²) in [6.45, 7) is 5.56. The lowest BCUT2D eigenvalue weighted by atomic mass is 10.2. The van der Waals surface area contributed by atoms with E-state index in [1.807, 2.05) is 38.1 Å². The SMILES string of the molecule is Cc1ccc(C(C)S(C)(=O)=NC#N)cn1.Cc1ccc(CS(C)(=O)=NC#N)cn1. The molecule has 3 atom stereocenters. The highest BCUT2D eigenvalue weighted by Crippen LogP contribution is 2.21. The molecule has 0 aromatic carbocycles. The van der Waals surface area contributed by atoms with Crippen molar-refractivity contribution >= 4 is 19.5 Å². The topological polar surface area (TPSA) is 132 Å². The molecule has 154 valence electrons. The maximum atomic E-state index is 12.0. The number of hydrogen-bond donors (Lipinski definition) is 0. The molecule has 29 heavy (non-hydrogen) atoms. The van der Waals surface area contributed by atoms with Crippen LogP contribution < -0.4 is 0 Å². The van der Waals surface area contributed by atoms with Crippen molar-refractivity contribution in [3.8, 4) is 12.4 Å². The van der Waals surface area contributed by atoms with E-state index in [0.717, 1.165) is 22.5 Å². The lowest BCUT2D eigenvalue weighted by Crippen LogP contribution is -2.07. The molecule has 0 aliphatic heterocycles. The second kappa shape index (κ2) is 10.6. The van der Waals surface area contributed by atoms with Crippen molar-refractivity contribution in [3.63, 3.8) is 0 Å². The molecule has 2 aromatic heterocycles. The number of hydrogen-bond acceptors (Lipinski definition) is 8. The lowest BCUT2D eigenvalue weighted by molar-refractivity contribution is 0.673. The molecule has 0 amide bonds. The number of nitrogens with zero attached hydrogens (tertiary/aromatic N) is 6. The average molecular weight is 433 g/mol. The Bertz CT molecular complexity index is 1140. The Hall–Kier alpha value is -2.82. The third-order valence-electron chi connectivity index (χ3n) is 3.92. The summed E-state index contributed by atoms with van der Waals surface area (Å²) in [5.41, 5.74) is 3.49. The first kappa shape index (κ1) is 24.2. The fraction of sp³-hybridized carbons (Fsp3) is 0.368. The van der Waals surface area contributed by atoms with Gasteiger partial charge in [0.25, 0.3) is 0 Å². The van der Waals surface area contributed by atoms with Crippen molar-refractivity contribution in [2.45, 2.75) is 31.8 Å². The van der Waals surface area contributed by atoms with Gasteiger partial charge in [0.1, 0.15) is 0 Å². The number of aryl methyl sites for hydroxylation is 2. The summed E-state index contributed by atoms with van der Waals surface area (Å²) in [6.07, 6.45) is 9.46. The Morgan fingerprint density at radius 2 is 1.52 bits per heavy atom. The number of pyridine rings is 2. The summed E-state index contributed by atoms with van der Waals surface area (Å²) in [5, 5.41) is 16.5. The first-order valence-electron chi connectivity index (χ1n) is 8.52. The van der Waals surface area contributed by atoms with Crippen LogP contribution in [-0.4, -0.2) is 30.9 Å². The van der Waals surface area contributed by atoms with Gasteiger partial charge in [-0.3, -0.25) is 9.97 Å². The summed E-state index contributed by atoms with van der Waals surface area (Å²) in [7, 11) is -4.93. The zero-order valence-electron chi connectivity index (χ0n) is 17.1. The minimum Gasteiger partial charge on any atom is -0.261 e. The second-order valence-electron chi connectivity index (χ2n) is 6.53. The molecular formula is C19H24N6O2S2. The molecule has 8 nitrogen and oxygen atoms in total. The molecular weight excluding hydrogens is 408 g/mol. The molecule has 3 unspecified atom stereocenters. The summed E-state index contributed by atoms with van der Waals surface area (Å²) in [6, 6.07) is 7.41. The average Bonchev–Trinajstić information content (AvgIpc) is 2.64. The Morgan fingerprint density at radius 1 is 0.966 bits per heavy atom. The normalized spacial score (nSPS) is 15.1. The van der Waals surface area contributed by atoms with Crippen LogP contribution >= 0.6 is 0 Å². The standard InChI is InChI=1S/C10H13N3OS.C9H11N3OS/c1-8-4-5-10(6-12-8)9(2)15(3,14)13-7-11;1-8-3-4-9(5-11-8)6-14(2,13)12-7-10/h4-6,9H,1-3H3;3-5H,6H2,1-2H3. The van der Waals surface area contributed by atoms with Crippen LogP contribution in [0.5, 0.6) is 0 Å². The molecule has 0 fully saturated rings. The lowest BCUT2D eigenvalue weighted by Gasteiger charge is -2.12. The van der Waals surface area contributed by atoms with E-state index in [1.54, 1.807) is 31.7 Å². The van der Waals surface area contributed by atoms with Crippen LogP contribution in [0.3, 0.4) is 0 Å². The molecule has 0 aliphatic carbocycles. The fourth-order valence-electron chi connectivity index (χ4n) is 2.14. The van der Waals surface area contributed by atoms with Crippen LogP contribution in [0.25, 0.3) is 0 Å². The van der Waals surface area contributed by atoms with E-state index in [1.165, 1.54) is 12.5 Å². The molecule has 0 aliphatic rings. The zero-order valence-corrected chi connectivity index (χ0v) is 18.7. The van der Waals surface area contributed by atoms with Crippen molar-refractivity contribution in [1.82, 2.24) is 9.97 Å². The summed E-state index contributed by atoms with van der Waals surface area (Å²) in [4.78, 5) is 8.20. The Balaban J connectivity index is 0.000000291. The molecule has 0 bridgehead atoms. The van der Waals surface area contributed by atoms with Crippen molar-refractivity contribution in [2.24, 2.45) is 8.73 Å². The largest absolute Gasteiger partial charge is 0.261 e. The van der Waals surface area contributed by atoms with E-state index >= 15 is 0 Å². The van der Waals surface area contributed by atoms with Crippen LogP contribution in [0.2, 0.25) is 0 Å². The molecule has 0 saturated heterocycles. The van der Waals surface area contributed by atoms with Gasteiger partial charge >= 0.3 is 0 Å². The molecule has 2 heterocycles. The molecule has 0 spiro atoms. The molecule has 0 saturated carbocycles. The van der Waals surface area contributed by atoms with E-state index in [2.05, 4.69) is 18.7 Å². The van der Waals surface area contributed by atoms with Crippen molar-refractivity contribution < 1.29 is 8.42 Å². The molecule has 0 N–H and O–H groups in total. The van der Waals surface area contributed by atoms with Crippen molar-refractivity contribution in [1.29, 1.82) is 10.5 Å². The fourth-order valence-corrected chi connectivity index (χ4v) is 4.14. The Labute approximate surface area is 173 Å². The van der Waals surface area contributed by atoms with Gasteiger partial charge in [0, 0.05) is 36.3 Å². The van der Waals surface area contributed by atoms with Gasteiger partial charge in [0.2, 0.25) is 12.4 Å².